The summed E-state index contributed by atoms with van der Waals surface area (Å²) in [6, 6.07) is 11.0. The van der Waals surface area contributed by atoms with Crippen molar-refractivity contribution in [3.8, 4) is 17.4 Å². The highest BCUT2D eigenvalue weighted by molar-refractivity contribution is 6.05. The Morgan fingerprint density at radius 3 is 2.50 bits per heavy atom. The molecule has 1 fully saturated rings. The van der Waals surface area contributed by atoms with E-state index in [1.165, 1.54) is 21.0 Å². The highest BCUT2D eigenvalue weighted by atomic mass is 19.1. The molecular formula is C26H27FN6O3. The molecular weight excluding hydrogens is 463 g/mol. The first-order valence-corrected chi connectivity index (χ1v) is 11.7. The van der Waals surface area contributed by atoms with Crippen LogP contribution in [0.25, 0.3) is 17.2 Å². The molecule has 1 N–H and O–H groups in total. The number of H-pyrrole nitrogens is 1. The van der Waals surface area contributed by atoms with Gasteiger partial charge in [-0.3, -0.25) is 19.1 Å². The maximum absolute atomic E-state index is 13.4. The van der Waals surface area contributed by atoms with Gasteiger partial charge < -0.3 is 9.64 Å². The number of likely N-dealkylation sites (tertiary alicyclic amines) is 1. The monoisotopic (exact) mass is 490 g/mol. The summed E-state index contributed by atoms with van der Waals surface area (Å²) >= 11 is 0. The lowest BCUT2D eigenvalue weighted by Crippen LogP contribution is -2.50. The summed E-state index contributed by atoms with van der Waals surface area (Å²) in [5.74, 6) is -0.217. The molecule has 4 aromatic rings. The lowest BCUT2D eigenvalue weighted by Gasteiger charge is -2.37. The van der Waals surface area contributed by atoms with Crippen LogP contribution >= 0.6 is 0 Å². The number of carbonyl (C=O) groups is 1. The van der Waals surface area contributed by atoms with E-state index >= 15 is 0 Å². The van der Waals surface area contributed by atoms with Gasteiger partial charge in [0.2, 0.25) is 5.88 Å². The van der Waals surface area contributed by atoms with Crippen LogP contribution < -0.4 is 10.3 Å². The minimum atomic E-state index is -0.487. The van der Waals surface area contributed by atoms with E-state index in [0.717, 1.165) is 5.56 Å². The van der Waals surface area contributed by atoms with Crippen molar-refractivity contribution in [2.24, 2.45) is 5.92 Å². The van der Waals surface area contributed by atoms with E-state index in [1.807, 2.05) is 12.1 Å². The minimum absolute atomic E-state index is 0.0404. The molecule has 0 bridgehead atoms. The van der Waals surface area contributed by atoms with E-state index in [9.17, 15) is 14.0 Å². The van der Waals surface area contributed by atoms with Gasteiger partial charge in [0.05, 0.1) is 12.7 Å². The summed E-state index contributed by atoms with van der Waals surface area (Å²) in [7, 11) is 0. The van der Waals surface area contributed by atoms with Crippen molar-refractivity contribution >= 4 is 11.6 Å². The van der Waals surface area contributed by atoms with Crippen LogP contribution in [-0.4, -0.2) is 55.1 Å². The SMILES string of the molecule is CC(C)(C)c1ccc(COc2cc(=O)n3[nH]c(-c4ncccn4)c(C(=O)N4CC(CF)C4)c3n2)cc1. The van der Waals surface area contributed by atoms with E-state index in [1.54, 1.807) is 18.5 Å². The highest BCUT2D eigenvalue weighted by Gasteiger charge is 2.35. The molecule has 0 aliphatic carbocycles. The minimum Gasteiger partial charge on any atom is -0.473 e. The molecule has 36 heavy (non-hydrogen) atoms. The van der Waals surface area contributed by atoms with Crippen molar-refractivity contribution in [3.63, 3.8) is 0 Å². The molecule has 1 aliphatic heterocycles. The number of fused-ring (bicyclic) bond motifs is 1. The van der Waals surface area contributed by atoms with Crippen LogP contribution in [0.4, 0.5) is 4.39 Å². The number of halogens is 1. The summed E-state index contributed by atoms with van der Waals surface area (Å²) < 4.78 is 20.0. The molecule has 0 saturated carbocycles. The third kappa shape index (κ3) is 4.46. The number of ether oxygens (including phenoxy) is 1. The summed E-state index contributed by atoms with van der Waals surface area (Å²) in [5, 5.41) is 2.92. The van der Waals surface area contributed by atoms with Crippen LogP contribution in [0.3, 0.4) is 0 Å². The number of aromatic nitrogens is 5. The Hall–Kier alpha value is -4.08. The van der Waals surface area contributed by atoms with E-state index in [-0.39, 0.29) is 52.5 Å². The number of nitrogens with zero attached hydrogens (tertiary/aromatic N) is 5. The Balaban J connectivity index is 1.50. The molecule has 0 spiro atoms. The molecule has 0 atom stereocenters. The number of aromatic amines is 1. The third-order valence-electron chi connectivity index (χ3n) is 6.26. The Labute approximate surface area is 207 Å². The van der Waals surface area contributed by atoms with Gasteiger partial charge in [0.15, 0.2) is 11.5 Å². The first-order valence-electron chi connectivity index (χ1n) is 11.7. The highest BCUT2D eigenvalue weighted by Crippen LogP contribution is 2.28. The molecule has 0 unspecified atom stereocenters. The van der Waals surface area contributed by atoms with Crippen LogP contribution in [0.5, 0.6) is 5.88 Å². The van der Waals surface area contributed by atoms with Crippen LogP contribution in [-0.2, 0) is 12.0 Å². The Morgan fingerprint density at radius 2 is 1.86 bits per heavy atom. The topological polar surface area (TPSA) is 105 Å². The van der Waals surface area contributed by atoms with Crippen LogP contribution in [0, 0.1) is 5.92 Å². The molecule has 5 rings (SSSR count). The lowest BCUT2D eigenvalue weighted by molar-refractivity contribution is 0.0455. The number of alkyl halides is 1. The van der Waals surface area contributed by atoms with Crippen LogP contribution in [0.15, 0.2) is 53.6 Å². The first-order chi connectivity index (χ1) is 17.2. The molecule has 1 aliphatic rings. The lowest BCUT2D eigenvalue weighted by atomic mass is 9.87. The molecule has 1 saturated heterocycles. The number of hydrogen-bond donors (Lipinski definition) is 1. The van der Waals surface area contributed by atoms with Gasteiger partial charge in [-0.25, -0.2) is 9.97 Å². The van der Waals surface area contributed by atoms with E-state index < -0.39 is 12.2 Å². The molecule has 3 aromatic heterocycles. The fourth-order valence-electron chi connectivity index (χ4n) is 4.13. The van der Waals surface area contributed by atoms with Gasteiger partial charge in [0.25, 0.3) is 11.5 Å². The van der Waals surface area contributed by atoms with Gasteiger partial charge in [0.1, 0.15) is 17.9 Å². The predicted molar refractivity (Wildman–Crippen MR) is 132 cm³/mol. The van der Waals surface area contributed by atoms with Gasteiger partial charge in [-0.1, -0.05) is 45.0 Å². The molecule has 186 valence electrons. The van der Waals surface area contributed by atoms with Crippen molar-refractivity contribution in [1.29, 1.82) is 0 Å². The molecule has 4 heterocycles. The zero-order valence-corrected chi connectivity index (χ0v) is 20.4. The summed E-state index contributed by atoms with van der Waals surface area (Å²) in [6.07, 6.45) is 3.08. The molecule has 1 aromatic carbocycles. The van der Waals surface area contributed by atoms with Gasteiger partial charge >= 0.3 is 0 Å². The molecule has 10 heteroatoms. The largest absolute Gasteiger partial charge is 0.473 e. The van der Waals surface area contributed by atoms with Crippen molar-refractivity contribution in [2.75, 3.05) is 19.8 Å². The Bertz CT molecular complexity index is 1450. The molecule has 0 radical (unpaired) electrons. The Kier molecular flexibility index (Phi) is 6.03. The normalized spacial score (nSPS) is 14.2. The quantitative estimate of drug-likeness (QED) is 0.444. The van der Waals surface area contributed by atoms with Gasteiger partial charge in [-0.05, 0) is 22.6 Å². The fraction of sp³-hybridized carbons (Fsp3) is 0.346. The standard InChI is InChI=1S/C26H27FN6O3/c1-26(2,3)18-7-5-16(6-8-18)15-36-19-11-20(34)33-24(30-19)21(25(35)32-13-17(12-27)14-32)22(31-33)23-28-9-4-10-29-23/h4-11,17,31H,12-15H2,1-3H3. The van der Waals surface area contributed by atoms with Crippen molar-refractivity contribution in [2.45, 2.75) is 32.8 Å². The van der Waals surface area contributed by atoms with E-state index in [4.69, 9.17) is 4.74 Å². The number of hydrogen-bond acceptors (Lipinski definition) is 6. The number of benzene rings is 1. The van der Waals surface area contributed by atoms with E-state index in [2.05, 4.69) is 53.0 Å². The summed E-state index contributed by atoms with van der Waals surface area (Å²) in [6.45, 7) is 6.76. The average molecular weight is 491 g/mol. The van der Waals surface area contributed by atoms with Gasteiger partial charge in [-0.15, -0.1) is 0 Å². The van der Waals surface area contributed by atoms with Gasteiger partial charge in [0, 0.05) is 31.4 Å². The smallest absolute Gasteiger partial charge is 0.276 e. The summed E-state index contributed by atoms with van der Waals surface area (Å²) in [5.41, 5.74) is 2.25. The zero-order valence-electron chi connectivity index (χ0n) is 20.4. The third-order valence-corrected chi connectivity index (χ3v) is 6.26. The zero-order chi connectivity index (χ0) is 25.4. The maximum atomic E-state index is 13.4. The number of carbonyl (C=O) groups excluding carboxylic acids is 1. The van der Waals surface area contributed by atoms with Crippen molar-refractivity contribution < 1.29 is 13.9 Å². The number of nitrogens with one attached hydrogen (secondary N) is 1. The Morgan fingerprint density at radius 1 is 1.17 bits per heavy atom. The van der Waals surface area contributed by atoms with Crippen molar-refractivity contribution in [3.05, 3.63) is 75.8 Å². The summed E-state index contributed by atoms with van der Waals surface area (Å²) in [4.78, 5) is 40.8. The molecule has 9 nitrogen and oxygen atoms in total. The van der Waals surface area contributed by atoms with Crippen LogP contribution in [0.2, 0.25) is 0 Å². The maximum Gasteiger partial charge on any atom is 0.276 e. The molecule has 1 amide bonds. The predicted octanol–water partition coefficient (Wildman–Crippen LogP) is 3.40. The average Bonchev–Trinajstić information content (AvgIpc) is 3.22. The fourth-order valence-corrected chi connectivity index (χ4v) is 4.13. The second-order valence-corrected chi connectivity index (χ2v) is 9.99. The van der Waals surface area contributed by atoms with Gasteiger partial charge in [-0.2, -0.15) is 9.50 Å². The van der Waals surface area contributed by atoms with Crippen LogP contribution in [0.1, 0.15) is 42.3 Å². The number of amides is 1. The second kappa shape index (κ2) is 9.18. The first kappa shape index (κ1) is 23.7. The second-order valence-electron chi connectivity index (χ2n) is 9.99. The van der Waals surface area contributed by atoms with Crippen molar-refractivity contribution in [1.82, 2.24) is 29.5 Å². The van der Waals surface area contributed by atoms with E-state index in [0.29, 0.717) is 13.1 Å². The number of rotatable bonds is 6.